The van der Waals surface area contributed by atoms with Crippen LogP contribution in [0.3, 0.4) is 0 Å². The Bertz CT molecular complexity index is 114. The summed E-state index contributed by atoms with van der Waals surface area (Å²) >= 11 is 0. The van der Waals surface area contributed by atoms with Gasteiger partial charge in [0.05, 0.1) is 0 Å². The molecule has 0 amide bonds. The maximum Gasteiger partial charge on any atom is 0.00939 e. The van der Waals surface area contributed by atoms with Crippen molar-refractivity contribution in [1.82, 2.24) is 0 Å². The standard InChI is InChI=1S/C10H17/c1-4-6-7-9-10(3)8-5-2/h5,7-9H2,1-3H3. The topological polar surface area (TPSA) is 0 Å². The second kappa shape index (κ2) is 6.68. The highest BCUT2D eigenvalue weighted by molar-refractivity contribution is 4.98. The molecule has 10 heavy (non-hydrogen) atoms. The molecule has 0 atom stereocenters. The lowest BCUT2D eigenvalue weighted by molar-refractivity contribution is 0.724. The second-order valence-electron chi connectivity index (χ2n) is 2.63. The van der Waals surface area contributed by atoms with E-state index in [2.05, 4.69) is 25.7 Å². The van der Waals surface area contributed by atoms with Crippen LogP contribution in [-0.2, 0) is 0 Å². The average Bonchev–Trinajstić information content (AvgIpc) is 1.89. The summed E-state index contributed by atoms with van der Waals surface area (Å²) in [4.78, 5) is 0. The maximum absolute atomic E-state index is 3.07. The lowest BCUT2D eigenvalue weighted by Crippen LogP contribution is -1.89. The fourth-order valence-electron chi connectivity index (χ4n) is 0.953. The van der Waals surface area contributed by atoms with Gasteiger partial charge in [-0.3, -0.25) is 0 Å². The summed E-state index contributed by atoms with van der Waals surface area (Å²) in [6, 6.07) is 0. The first-order valence-electron chi connectivity index (χ1n) is 4.02. The Balaban J connectivity index is 3.18. The van der Waals surface area contributed by atoms with E-state index in [0.717, 1.165) is 6.42 Å². The van der Waals surface area contributed by atoms with E-state index in [0.29, 0.717) is 0 Å². The molecule has 0 fully saturated rings. The summed E-state index contributed by atoms with van der Waals surface area (Å²) in [6.45, 7) is 6.34. The van der Waals surface area contributed by atoms with Crippen LogP contribution in [0, 0.1) is 17.8 Å². The van der Waals surface area contributed by atoms with Crippen molar-refractivity contribution < 1.29 is 0 Å². The van der Waals surface area contributed by atoms with E-state index in [9.17, 15) is 0 Å². The molecule has 0 saturated carbocycles. The van der Waals surface area contributed by atoms with Gasteiger partial charge >= 0.3 is 0 Å². The Morgan fingerprint density at radius 1 is 1.30 bits per heavy atom. The Morgan fingerprint density at radius 2 is 2.00 bits per heavy atom. The van der Waals surface area contributed by atoms with Gasteiger partial charge < -0.3 is 0 Å². The molecule has 0 aliphatic rings. The van der Waals surface area contributed by atoms with Crippen LogP contribution in [-0.4, -0.2) is 0 Å². The van der Waals surface area contributed by atoms with E-state index in [4.69, 9.17) is 0 Å². The predicted octanol–water partition coefficient (Wildman–Crippen LogP) is 3.18. The fourth-order valence-corrected chi connectivity index (χ4v) is 0.953. The van der Waals surface area contributed by atoms with E-state index >= 15 is 0 Å². The van der Waals surface area contributed by atoms with Gasteiger partial charge in [0, 0.05) is 6.42 Å². The molecule has 0 aromatic carbocycles. The van der Waals surface area contributed by atoms with Crippen LogP contribution in [0.4, 0.5) is 0 Å². The summed E-state index contributed by atoms with van der Waals surface area (Å²) in [5.41, 5.74) is 0. The normalized spacial score (nSPS) is 9.20. The highest BCUT2D eigenvalue weighted by Crippen LogP contribution is 2.13. The molecular formula is C10H17. The molecule has 0 heteroatoms. The minimum atomic E-state index is 1.04. The molecule has 0 saturated heterocycles. The second-order valence-corrected chi connectivity index (χ2v) is 2.63. The van der Waals surface area contributed by atoms with Crippen molar-refractivity contribution in [2.75, 3.05) is 0 Å². The van der Waals surface area contributed by atoms with Gasteiger partial charge in [-0.15, -0.1) is 11.8 Å². The van der Waals surface area contributed by atoms with Crippen molar-refractivity contribution in [2.45, 2.75) is 46.5 Å². The van der Waals surface area contributed by atoms with Crippen molar-refractivity contribution >= 4 is 0 Å². The molecule has 0 aliphatic carbocycles. The van der Waals surface area contributed by atoms with Gasteiger partial charge in [0.2, 0.25) is 0 Å². The van der Waals surface area contributed by atoms with Crippen LogP contribution in [0.25, 0.3) is 0 Å². The third-order valence-electron chi connectivity index (χ3n) is 1.53. The zero-order chi connectivity index (χ0) is 7.82. The lowest BCUT2D eigenvalue weighted by Gasteiger charge is -2.04. The molecular weight excluding hydrogens is 120 g/mol. The molecule has 0 rings (SSSR count). The van der Waals surface area contributed by atoms with Crippen molar-refractivity contribution in [3.8, 4) is 11.8 Å². The third-order valence-corrected chi connectivity index (χ3v) is 1.53. The van der Waals surface area contributed by atoms with Gasteiger partial charge in [-0.05, 0) is 25.7 Å². The highest BCUT2D eigenvalue weighted by atomic mass is 14.0. The molecule has 1 radical (unpaired) electrons. The van der Waals surface area contributed by atoms with E-state index in [1.54, 1.807) is 5.92 Å². The number of rotatable bonds is 4. The predicted molar refractivity (Wildman–Crippen MR) is 46.5 cm³/mol. The Labute approximate surface area is 65.0 Å². The minimum absolute atomic E-state index is 1.04. The quantitative estimate of drug-likeness (QED) is 0.522. The van der Waals surface area contributed by atoms with E-state index in [1.165, 1.54) is 19.3 Å². The SMILES string of the molecule is CC#CCC[C](C)CCC. The van der Waals surface area contributed by atoms with Crippen molar-refractivity contribution in [2.24, 2.45) is 0 Å². The van der Waals surface area contributed by atoms with Gasteiger partial charge in [0.25, 0.3) is 0 Å². The van der Waals surface area contributed by atoms with Crippen LogP contribution in [0.2, 0.25) is 0 Å². The molecule has 0 bridgehead atoms. The van der Waals surface area contributed by atoms with Crippen molar-refractivity contribution in [3.63, 3.8) is 0 Å². The zero-order valence-corrected chi connectivity index (χ0v) is 7.33. The van der Waals surface area contributed by atoms with Gasteiger partial charge in [-0.25, -0.2) is 0 Å². The number of hydrogen-bond donors (Lipinski definition) is 0. The molecule has 0 nitrogen and oxygen atoms in total. The van der Waals surface area contributed by atoms with Gasteiger partial charge in [0.1, 0.15) is 0 Å². The number of hydrogen-bond acceptors (Lipinski definition) is 0. The van der Waals surface area contributed by atoms with Gasteiger partial charge in [-0.1, -0.05) is 20.3 Å². The minimum Gasteiger partial charge on any atom is -0.107 e. The lowest BCUT2D eigenvalue weighted by atomic mass is 10.0. The average molecular weight is 137 g/mol. The van der Waals surface area contributed by atoms with Gasteiger partial charge in [0.15, 0.2) is 0 Å². The van der Waals surface area contributed by atoms with E-state index in [1.807, 2.05) is 6.92 Å². The summed E-state index contributed by atoms with van der Waals surface area (Å²) in [5, 5.41) is 0. The van der Waals surface area contributed by atoms with Crippen LogP contribution in [0.15, 0.2) is 0 Å². The highest BCUT2D eigenvalue weighted by Gasteiger charge is 1.97. The summed E-state index contributed by atoms with van der Waals surface area (Å²) in [6.07, 6.45) is 4.77. The van der Waals surface area contributed by atoms with E-state index in [-0.39, 0.29) is 0 Å². The van der Waals surface area contributed by atoms with Crippen LogP contribution < -0.4 is 0 Å². The molecule has 0 N–H and O–H groups in total. The zero-order valence-electron chi connectivity index (χ0n) is 7.33. The Morgan fingerprint density at radius 3 is 2.50 bits per heavy atom. The van der Waals surface area contributed by atoms with Crippen LogP contribution in [0.1, 0.15) is 46.5 Å². The molecule has 57 valence electrons. The molecule has 0 spiro atoms. The smallest absolute Gasteiger partial charge is 0.00939 e. The first kappa shape index (κ1) is 9.56. The molecule has 0 heterocycles. The largest absolute Gasteiger partial charge is 0.107 e. The van der Waals surface area contributed by atoms with Gasteiger partial charge in [-0.2, -0.15) is 0 Å². The third kappa shape index (κ3) is 5.69. The summed E-state index contributed by atoms with van der Waals surface area (Å²) in [7, 11) is 0. The van der Waals surface area contributed by atoms with Crippen LogP contribution in [0.5, 0.6) is 0 Å². The monoisotopic (exact) mass is 137 g/mol. The molecule has 0 aromatic rings. The summed E-state index contributed by atoms with van der Waals surface area (Å²) < 4.78 is 0. The maximum atomic E-state index is 3.07. The van der Waals surface area contributed by atoms with Crippen molar-refractivity contribution in [1.29, 1.82) is 0 Å². The molecule has 0 unspecified atom stereocenters. The Kier molecular flexibility index (Phi) is 6.38. The Hall–Kier alpha value is -0.440. The molecule has 0 aliphatic heterocycles. The van der Waals surface area contributed by atoms with E-state index < -0.39 is 0 Å². The first-order valence-corrected chi connectivity index (χ1v) is 4.02. The molecule has 0 aromatic heterocycles. The summed E-state index contributed by atoms with van der Waals surface area (Å²) in [5.74, 6) is 7.56. The van der Waals surface area contributed by atoms with Crippen LogP contribution >= 0.6 is 0 Å². The van der Waals surface area contributed by atoms with Crippen molar-refractivity contribution in [3.05, 3.63) is 5.92 Å². The first-order chi connectivity index (χ1) is 4.81. The fraction of sp³-hybridized carbons (Fsp3) is 0.700.